The third kappa shape index (κ3) is 2.32. The molecule has 3 rings (SSSR count). The highest BCUT2D eigenvalue weighted by molar-refractivity contribution is 5.75. The number of rotatable bonds is 3. The summed E-state index contributed by atoms with van der Waals surface area (Å²) in [5.74, 6) is -0.485. The molecule has 2 N–H and O–H groups in total. The highest BCUT2D eigenvalue weighted by Crippen LogP contribution is 2.47. The predicted molar refractivity (Wildman–Crippen MR) is 72.0 cm³/mol. The molecule has 0 radical (unpaired) electrons. The molecule has 1 aliphatic carbocycles. The summed E-state index contributed by atoms with van der Waals surface area (Å²) < 4.78 is 0. The smallest absolute Gasteiger partial charge is 0.307 e. The van der Waals surface area contributed by atoms with Crippen molar-refractivity contribution in [3.63, 3.8) is 0 Å². The Hall–Kier alpha value is -2.29. The van der Waals surface area contributed by atoms with Gasteiger partial charge < -0.3 is 10.2 Å². The third-order valence-corrected chi connectivity index (χ3v) is 3.65. The molecule has 2 atom stereocenters. The summed E-state index contributed by atoms with van der Waals surface area (Å²) in [6, 6.07) is 15.0. The van der Waals surface area contributed by atoms with Crippen LogP contribution in [0.3, 0.4) is 0 Å². The van der Waals surface area contributed by atoms with Gasteiger partial charge in [0.15, 0.2) is 0 Å². The molecule has 0 bridgehead atoms. The Morgan fingerprint density at radius 1 is 0.947 bits per heavy atom. The SMILES string of the molecule is O=C(O)C1CC1c1ccc(-c2ccc(O)cc2)cc1. The Kier molecular flexibility index (Phi) is 2.75. The molecule has 3 nitrogen and oxygen atoms in total. The lowest BCUT2D eigenvalue weighted by Crippen LogP contribution is -1.98. The number of phenols is 1. The highest BCUT2D eigenvalue weighted by Gasteiger charge is 2.43. The van der Waals surface area contributed by atoms with Crippen molar-refractivity contribution in [2.45, 2.75) is 12.3 Å². The molecule has 19 heavy (non-hydrogen) atoms. The highest BCUT2D eigenvalue weighted by atomic mass is 16.4. The first kappa shape index (κ1) is 11.8. The number of benzene rings is 2. The zero-order chi connectivity index (χ0) is 13.4. The number of phenolic OH excluding ortho intramolecular Hbond substituents is 1. The minimum atomic E-state index is -0.701. The van der Waals surface area contributed by atoms with Gasteiger partial charge in [0.25, 0.3) is 0 Å². The van der Waals surface area contributed by atoms with Crippen molar-refractivity contribution in [2.24, 2.45) is 5.92 Å². The van der Waals surface area contributed by atoms with Crippen LogP contribution in [0.4, 0.5) is 0 Å². The maximum absolute atomic E-state index is 10.8. The van der Waals surface area contributed by atoms with E-state index in [-0.39, 0.29) is 17.6 Å². The molecule has 1 fully saturated rings. The van der Waals surface area contributed by atoms with Crippen LogP contribution in [-0.4, -0.2) is 16.2 Å². The van der Waals surface area contributed by atoms with Crippen molar-refractivity contribution >= 4 is 5.97 Å². The Bertz CT molecular complexity index is 599. The van der Waals surface area contributed by atoms with E-state index in [0.717, 1.165) is 23.1 Å². The van der Waals surface area contributed by atoms with Crippen LogP contribution < -0.4 is 0 Å². The average Bonchev–Trinajstić information content (AvgIpc) is 3.20. The summed E-state index contributed by atoms with van der Waals surface area (Å²) in [7, 11) is 0. The summed E-state index contributed by atoms with van der Waals surface area (Å²) in [5.41, 5.74) is 3.20. The van der Waals surface area contributed by atoms with Crippen molar-refractivity contribution < 1.29 is 15.0 Å². The Labute approximate surface area is 111 Å². The second kappa shape index (κ2) is 4.43. The Morgan fingerprint density at radius 2 is 1.47 bits per heavy atom. The number of aromatic hydroxyl groups is 1. The van der Waals surface area contributed by atoms with Crippen molar-refractivity contribution in [2.75, 3.05) is 0 Å². The summed E-state index contributed by atoms with van der Waals surface area (Å²) >= 11 is 0. The van der Waals surface area contributed by atoms with E-state index in [4.69, 9.17) is 5.11 Å². The molecular weight excluding hydrogens is 240 g/mol. The topological polar surface area (TPSA) is 57.5 Å². The number of carboxylic acid groups (broad SMARTS) is 1. The molecular formula is C16H14O3. The molecule has 0 saturated heterocycles. The number of hydrogen-bond acceptors (Lipinski definition) is 2. The van der Waals surface area contributed by atoms with E-state index in [1.165, 1.54) is 0 Å². The molecule has 0 spiro atoms. The van der Waals surface area contributed by atoms with E-state index in [0.29, 0.717) is 0 Å². The molecule has 2 unspecified atom stereocenters. The van der Waals surface area contributed by atoms with Crippen LogP contribution in [0.5, 0.6) is 5.75 Å². The van der Waals surface area contributed by atoms with Gasteiger partial charge in [-0.15, -0.1) is 0 Å². The molecule has 1 aliphatic rings. The molecule has 0 aliphatic heterocycles. The summed E-state index contributed by atoms with van der Waals surface area (Å²) in [6.07, 6.45) is 0.744. The van der Waals surface area contributed by atoms with Crippen molar-refractivity contribution in [3.8, 4) is 16.9 Å². The molecule has 3 heteroatoms. The van der Waals surface area contributed by atoms with Gasteiger partial charge in [-0.2, -0.15) is 0 Å². The summed E-state index contributed by atoms with van der Waals surface area (Å²) in [4.78, 5) is 10.8. The lowest BCUT2D eigenvalue weighted by molar-refractivity contribution is -0.138. The van der Waals surface area contributed by atoms with E-state index in [1.807, 2.05) is 36.4 Å². The van der Waals surface area contributed by atoms with Crippen LogP contribution >= 0.6 is 0 Å². The molecule has 96 valence electrons. The standard InChI is InChI=1S/C16H14O3/c17-13-7-5-11(6-8-13)10-1-3-12(4-2-10)14-9-15(14)16(18)19/h1-8,14-15,17H,9H2,(H,18,19). The minimum absolute atomic E-state index is 0.173. The van der Waals surface area contributed by atoms with Crippen LogP contribution in [0, 0.1) is 5.92 Å². The number of carbonyl (C=O) groups is 1. The quantitative estimate of drug-likeness (QED) is 0.884. The maximum Gasteiger partial charge on any atom is 0.307 e. The monoisotopic (exact) mass is 254 g/mol. The van der Waals surface area contributed by atoms with E-state index in [2.05, 4.69) is 0 Å². The van der Waals surface area contributed by atoms with Crippen molar-refractivity contribution in [3.05, 3.63) is 54.1 Å². The van der Waals surface area contributed by atoms with Gasteiger partial charge in [-0.3, -0.25) is 4.79 Å². The zero-order valence-electron chi connectivity index (χ0n) is 10.3. The van der Waals surface area contributed by atoms with Crippen molar-refractivity contribution in [1.82, 2.24) is 0 Å². The first-order chi connectivity index (χ1) is 9.15. The summed E-state index contributed by atoms with van der Waals surface area (Å²) in [5, 5.41) is 18.2. The van der Waals surface area contributed by atoms with Crippen LogP contribution in [0.1, 0.15) is 17.9 Å². The number of carboxylic acids is 1. The van der Waals surface area contributed by atoms with Gasteiger partial charge in [-0.05, 0) is 41.2 Å². The fraction of sp³-hybridized carbons (Fsp3) is 0.188. The first-order valence-electron chi connectivity index (χ1n) is 6.27. The fourth-order valence-corrected chi connectivity index (χ4v) is 2.41. The first-order valence-corrected chi connectivity index (χ1v) is 6.27. The second-order valence-electron chi connectivity index (χ2n) is 4.96. The van der Waals surface area contributed by atoms with Crippen LogP contribution in [0.2, 0.25) is 0 Å². The van der Waals surface area contributed by atoms with Crippen molar-refractivity contribution in [1.29, 1.82) is 0 Å². The lowest BCUT2D eigenvalue weighted by Gasteiger charge is -2.04. The molecule has 0 aromatic heterocycles. The van der Waals surface area contributed by atoms with Gasteiger partial charge in [0, 0.05) is 0 Å². The van der Waals surface area contributed by atoms with E-state index >= 15 is 0 Å². The van der Waals surface area contributed by atoms with Gasteiger partial charge in [-0.25, -0.2) is 0 Å². The zero-order valence-corrected chi connectivity index (χ0v) is 10.3. The lowest BCUT2D eigenvalue weighted by atomic mass is 10.0. The second-order valence-corrected chi connectivity index (χ2v) is 4.96. The minimum Gasteiger partial charge on any atom is -0.508 e. The van der Waals surface area contributed by atoms with Gasteiger partial charge in [-0.1, -0.05) is 36.4 Å². The maximum atomic E-state index is 10.8. The van der Waals surface area contributed by atoms with Gasteiger partial charge in [0.1, 0.15) is 5.75 Å². The number of aliphatic carboxylic acids is 1. The van der Waals surface area contributed by atoms with Gasteiger partial charge in [0.05, 0.1) is 5.92 Å². The van der Waals surface area contributed by atoms with Gasteiger partial charge in [0.2, 0.25) is 0 Å². The molecule has 2 aromatic rings. The van der Waals surface area contributed by atoms with E-state index in [9.17, 15) is 9.90 Å². The van der Waals surface area contributed by atoms with E-state index in [1.54, 1.807) is 12.1 Å². The number of hydrogen-bond donors (Lipinski definition) is 2. The van der Waals surface area contributed by atoms with Crippen LogP contribution in [-0.2, 0) is 4.79 Å². The normalized spacial score (nSPS) is 21.1. The average molecular weight is 254 g/mol. The Morgan fingerprint density at radius 3 is 1.95 bits per heavy atom. The fourth-order valence-electron chi connectivity index (χ4n) is 2.41. The summed E-state index contributed by atoms with van der Waals surface area (Å²) in [6.45, 7) is 0. The van der Waals surface area contributed by atoms with Gasteiger partial charge >= 0.3 is 5.97 Å². The van der Waals surface area contributed by atoms with E-state index < -0.39 is 5.97 Å². The largest absolute Gasteiger partial charge is 0.508 e. The predicted octanol–water partition coefficient (Wildman–Crippen LogP) is 3.25. The Balaban J connectivity index is 1.80. The van der Waals surface area contributed by atoms with Crippen LogP contribution in [0.25, 0.3) is 11.1 Å². The molecule has 0 heterocycles. The van der Waals surface area contributed by atoms with Crippen LogP contribution in [0.15, 0.2) is 48.5 Å². The molecule has 0 amide bonds. The molecule has 2 aromatic carbocycles. The molecule has 1 saturated carbocycles. The third-order valence-electron chi connectivity index (χ3n) is 3.65.